The van der Waals surface area contributed by atoms with E-state index in [0.29, 0.717) is 16.9 Å². The summed E-state index contributed by atoms with van der Waals surface area (Å²) in [5.41, 5.74) is 2.16. The Balaban J connectivity index is 2.25. The molecule has 5 heteroatoms. The third kappa shape index (κ3) is 2.51. The number of carbonyl (C=O) groups excluding carboxylic acids is 1. The Hall–Kier alpha value is -2.30. The second-order valence-corrected chi connectivity index (χ2v) is 3.90. The second kappa shape index (κ2) is 4.91. The van der Waals surface area contributed by atoms with Crippen molar-refractivity contribution in [3.8, 4) is 0 Å². The first kappa shape index (κ1) is 12.2. The number of aromatic nitrogens is 2. The van der Waals surface area contributed by atoms with E-state index < -0.39 is 5.82 Å². The number of nitrogens with zero attached hydrogens (tertiary/aromatic N) is 2. The highest BCUT2D eigenvalue weighted by Gasteiger charge is 2.12. The van der Waals surface area contributed by atoms with E-state index in [2.05, 4.69) is 15.3 Å². The largest absolute Gasteiger partial charge is 0.321 e. The number of aryl methyl sites for hydroxylation is 1. The maximum Gasteiger partial charge on any atom is 0.274 e. The molecule has 0 radical (unpaired) electrons. The fourth-order valence-corrected chi connectivity index (χ4v) is 1.52. The lowest BCUT2D eigenvalue weighted by Crippen LogP contribution is -2.16. The molecule has 1 heterocycles. The first-order valence-corrected chi connectivity index (χ1v) is 5.43. The molecule has 0 unspecified atom stereocenters. The summed E-state index contributed by atoms with van der Waals surface area (Å²) in [6.07, 6.45) is 1.34. The van der Waals surface area contributed by atoms with Gasteiger partial charge in [0, 0.05) is 16.9 Å². The highest BCUT2D eigenvalue weighted by molar-refractivity contribution is 6.03. The number of hydrogen-bond acceptors (Lipinski definition) is 3. The number of anilines is 1. The van der Waals surface area contributed by atoms with E-state index in [9.17, 15) is 9.18 Å². The lowest BCUT2D eigenvalue weighted by Gasteiger charge is -2.07. The van der Waals surface area contributed by atoms with Crippen LogP contribution in [0.3, 0.4) is 0 Å². The maximum atomic E-state index is 13.0. The Kier molecular flexibility index (Phi) is 3.32. The summed E-state index contributed by atoms with van der Waals surface area (Å²) in [6, 6.07) is 5.71. The normalized spacial score (nSPS) is 10.2. The van der Waals surface area contributed by atoms with Crippen LogP contribution in [0.4, 0.5) is 10.1 Å². The Morgan fingerprint density at radius 2 is 2.06 bits per heavy atom. The summed E-state index contributed by atoms with van der Waals surface area (Å²) in [5.74, 6) is -0.771. The standard InChI is InChI=1S/C13H12FN3O/c1-8-9(2)15-7-16-12(8)13(18)17-11-5-3-4-10(14)6-11/h3-7H,1-2H3,(H,17,18). The molecule has 2 aromatic rings. The van der Waals surface area contributed by atoms with E-state index in [1.54, 1.807) is 19.9 Å². The van der Waals surface area contributed by atoms with E-state index in [0.717, 1.165) is 5.69 Å². The van der Waals surface area contributed by atoms with Crippen LogP contribution in [-0.4, -0.2) is 15.9 Å². The third-order valence-corrected chi connectivity index (χ3v) is 2.63. The van der Waals surface area contributed by atoms with Crippen molar-refractivity contribution in [2.45, 2.75) is 13.8 Å². The predicted molar refractivity (Wildman–Crippen MR) is 65.9 cm³/mol. The summed E-state index contributed by atoms with van der Waals surface area (Å²) in [6.45, 7) is 3.58. The molecule has 18 heavy (non-hydrogen) atoms. The summed E-state index contributed by atoms with van der Waals surface area (Å²) in [7, 11) is 0. The molecule has 0 spiro atoms. The molecule has 1 amide bonds. The molecule has 0 aliphatic carbocycles. The smallest absolute Gasteiger partial charge is 0.274 e. The van der Waals surface area contributed by atoms with Crippen LogP contribution < -0.4 is 5.32 Å². The molecule has 0 saturated heterocycles. The first-order valence-electron chi connectivity index (χ1n) is 5.43. The number of amides is 1. The van der Waals surface area contributed by atoms with Gasteiger partial charge >= 0.3 is 0 Å². The number of hydrogen-bond donors (Lipinski definition) is 1. The molecule has 0 aliphatic rings. The van der Waals surface area contributed by atoms with E-state index in [4.69, 9.17) is 0 Å². The van der Waals surface area contributed by atoms with Gasteiger partial charge in [0.2, 0.25) is 0 Å². The average molecular weight is 245 g/mol. The van der Waals surface area contributed by atoms with Gasteiger partial charge in [-0.1, -0.05) is 6.07 Å². The molecule has 0 fully saturated rings. The lowest BCUT2D eigenvalue weighted by molar-refractivity contribution is 0.102. The Labute approximate surface area is 104 Å². The molecule has 1 aromatic heterocycles. The molecule has 0 saturated carbocycles. The van der Waals surface area contributed by atoms with Gasteiger partial charge in [0.25, 0.3) is 5.91 Å². The minimum Gasteiger partial charge on any atom is -0.321 e. The molecule has 0 atom stereocenters. The Morgan fingerprint density at radius 3 is 2.78 bits per heavy atom. The second-order valence-electron chi connectivity index (χ2n) is 3.90. The molecule has 0 aliphatic heterocycles. The van der Waals surface area contributed by atoms with Gasteiger partial charge in [0.1, 0.15) is 17.8 Å². The van der Waals surface area contributed by atoms with Crippen LogP contribution in [0.5, 0.6) is 0 Å². The average Bonchev–Trinajstić information content (AvgIpc) is 2.32. The zero-order chi connectivity index (χ0) is 13.1. The summed E-state index contributed by atoms with van der Waals surface area (Å²) in [5, 5.41) is 2.60. The SMILES string of the molecule is Cc1ncnc(C(=O)Nc2cccc(F)c2)c1C. The van der Waals surface area contributed by atoms with Crippen molar-refractivity contribution in [1.82, 2.24) is 9.97 Å². The van der Waals surface area contributed by atoms with Gasteiger partial charge in [0.05, 0.1) is 0 Å². The van der Waals surface area contributed by atoms with Gasteiger partial charge < -0.3 is 5.32 Å². The molecule has 1 aromatic carbocycles. The monoisotopic (exact) mass is 245 g/mol. The number of benzene rings is 1. The molecule has 1 N–H and O–H groups in total. The number of rotatable bonds is 2. The molecule has 0 bridgehead atoms. The molecular weight excluding hydrogens is 233 g/mol. The van der Waals surface area contributed by atoms with Crippen LogP contribution in [0.2, 0.25) is 0 Å². The van der Waals surface area contributed by atoms with Crippen molar-refractivity contribution in [3.63, 3.8) is 0 Å². The number of nitrogens with one attached hydrogen (secondary N) is 1. The maximum absolute atomic E-state index is 13.0. The lowest BCUT2D eigenvalue weighted by atomic mass is 10.2. The minimum atomic E-state index is -0.400. The highest BCUT2D eigenvalue weighted by atomic mass is 19.1. The third-order valence-electron chi connectivity index (χ3n) is 2.63. The van der Waals surface area contributed by atoms with Crippen LogP contribution in [0.25, 0.3) is 0 Å². The highest BCUT2D eigenvalue weighted by Crippen LogP contribution is 2.13. The van der Waals surface area contributed by atoms with Crippen molar-refractivity contribution in [2.24, 2.45) is 0 Å². The summed E-state index contributed by atoms with van der Waals surface area (Å²) < 4.78 is 13.0. The van der Waals surface area contributed by atoms with Gasteiger partial charge in [-0.05, 0) is 32.0 Å². The van der Waals surface area contributed by atoms with Crippen LogP contribution in [0, 0.1) is 19.7 Å². The van der Waals surface area contributed by atoms with E-state index >= 15 is 0 Å². The van der Waals surface area contributed by atoms with Crippen molar-refractivity contribution < 1.29 is 9.18 Å². The zero-order valence-corrected chi connectivity index (χ0v) is 10.1. The molecule has 92 valence electrons. The van der Waals surface area contributed by atoms with Crippen molar-refractivity contribution in [3.05, 3.63) is 53.4 Å². The predicted octanol–water partition coefficient (Wildman–Crippen LogP) is 2.48. The zero-order valence-electron chi connectivity index (χ0n) is 10.1. The fourth-order valence-electron chi connectivity index (χ4n) is 1.52. The van der Waals surface area contributed by atoms with Gasteiger partial charge in [-0.3, -0.25) is 4.79 Å². The van der Waals surface area contributed by atoms with Crippen LogP contribution >= 0.6 is 0 Å². The summed E-state index contributed by atoms with van der Waals surface area (Å²) >= 11 is 0. The van der Waals surface area contributed by atoms with Crippen LogP contribution in [0.15, 0.2) is 30.6 Å². The quantitative estimate of drug-likeness (QED) is 0.884. The van der Waals surface area contributed by atoms with E-state index in [1.807, 2.05) is 0 Å². The Morgan fingerprint density at radius 1 is 1.28 bits per heavy atom. The summed E-state index contributed by atoms with van der Waals surface area (Å²) in [4.78, 5) is 19.9. The first-order chi connectivity index (χ1) is 8.58. The van der Waals surface area contributed by atoms with Crippen molar-refractivity contribution in [2.75, 3.05) is 5.32 Å². The number of carbonyl (C=O) groups is 1. The number of halogens is 1. The molecule has 2 rings (SSSR count). The van der Waals surface area contributed by atoms with Crippen LogP contribution in [-0.2, 0) is 0 Å². The van der Waals surface area contributed by atoms with Gasteiger partial charge in [-0.25, -0.2) is 14.4 Å². The molecular formula is C13H12FN3O. The van der Waals surface area contributed by atoms with Crippen LogP contribution in [0.1, 0.15) is 21.7 Å². The van der Waals surface area contributed by atoms with E-state index in [-0.39, 0.29) is 5.91 Å². The van der Waals surface area contributed by atoms with Crippen molar-refractivity contribution >= 4 is 11.6 Å². The van der Waals surface area contributed by atoms with Gasteiger partial charge in [-0.15, -0.1) is 0 Å². The van der Waals surface area contributed by atoms with Crippen molar-refractivity contribution in [1.29, 1.82) is 0 Å². The Bertz CT molecular complexity index is 599. The van der Waals surface area contributed by atoms with Gasteiger partial charge in [0.15, 0.2) is 0 Å². The van der Waals surface area contributed by atoms with E-state index in [1.165, 1.54) is 24.5 Å². The topological polar surface area (TPSA) is 54.9 Å². The molecule has 4 nitrogen and oxygen atoms in total. The minimum absolute atomic E-state index is 0.298. The fraction of sp³-hybridized carbons (Fsp3) is 0.154. The van der Waals surface area contributed by atoms with Gasteiger partial charge in [-0.2, -0.15) is 0 Å².